The van der Waals surface area contributed by atoms with Gasteiger partial charge in [0.05, 0.1) is 18.8 Å². The van der Waals surface area contributed by atoms with Gasteiger partial charge in [-0.05, 0) is 43.5 Å². The van der Waals surface area contributed by atoms with Crippen LogP contribution in [0.25, 0.3) is 10.2 Å². The second-order valence-corrected chi connectivity index (χ2v) is 7.40. The van der Waals surface area contributed by atoms with E-state index in [-0.39, 0.29) is 11.5 Å². The smallest absolute Gasteiger partial charge is 0.348 e. The number of thiophene rings is 1. The third-order valence-corrected chi connectivity index (χ3v) is 5.85. The largest absolute Gasteiger partial charge is 0.465 e. The second kappa shape index (κ2) is 7.93. The van der Waals surface area contributed by atoms with Crippen LogP contribution in [0.15, 0.2) is 35.4 Å². The number of hydrogen-bond donors (Lipinski definition) is 1. The van der Waals surface area contributed by atoms with Gasteiger partial charge in [-0.25, -0.2) is 9.78 Å². The number of methoxy groups -OCH3 is 1. The predicted octanol–water partition coefficient (Wildman–Crippen LogP) is 3.32. The number of esters is 1. The number of carbonyl (C=O) groups is 2. The van der Waals surface area contributed by atoms with Crippen molar-refractivity contribution < 1.29 is 14.3 Å². The van der Waals surface area contributed by atoms with E-state index < -0.39 is 12.0 Å². The molecule has 0 aliphatic rings. The maximum Gasteiger partial charge on any atom is 0.348 e. The van der Waals surface area contributed by atoms with Crippen molar-refractivity contribution >= 4 is 39.1 Å². The summed E-state index contributed by atoms with van der Waals surface area (Å²) in [6.45, 7) is 5.37. The van der Waals surface area contributed by atoms with E-state index in [0.717, 1.165) is 17.8 Å². The molecule has 1 N–H and O–H groups in total. The van der Waals surface area contributed by atoms with Gasteiger partial charge >= 0.3 is 5.97 Å². The minimum Gasteiger partial charge on any atom is -0.465 e. The van der Waals surface area contributed by atoms with Crippen LogP contribution in [0.3, 0.4) is 0 Å². The summed E-state index contributed by atoms with van der Waals surface area (Å²) in [5.41, 5.74) is 1.99. The molecular formula is C20H21N3O4S. The third-order valence-electron chi connectivity index (χ3n) is 4.67. The van der Waals surface area contributed by atoms with Crippen LogP contribution in [0.4, 0.5) is 5.69 Å². The fraction of sp³-hybridized carbons (Fsp3) is 0.300. The van der Waals surface area contributed by atoms with Crippen LogP contribution in [-0.4, -0.2) is 28.5 Å². The van der Waals surface area contributed by atoms with Gasteiger partial charge in [-0.3, -0.25) is 14.2 Å². The molecule has 3 rings (SSSR count). The summed E-state index contributed by atoms with van der Waals surface area (Å²) < 4.78 is 6.03. The van der Waals surface area contributed by atoms with Crippen LogP contribution < -0.4 is 10.9 Å². The Hall–Kier alpha value is -3.00. The van der Waals surface area contributed by atoms with Crippen molar-refractivity contribution in [3.8, 4) is 0 Å². The van der Waals surface area contributed by atoms with Crippen molar-refractivity contribution in [2.45, 2.75) is 33.2 Å². The van der Waals surface area contributed by atoms with Gasteiger partial charge in [0.25, 0.3) is 5.56 Å². The zero-order valence-electron chi connectivity index (χ0n) is 16.1. The quantitative estimate of drug-likeness (QED) is 0.665. The van der Waals surface area contributed by atoms with E-state index in [1.165, 1.54) is 23.6 Å². The maximum atomic E-state index is 13.0. The molecule has 1 atom stereocenters. The molecule has 28 heavy (non-hydrogen) atoms. The van der Waals surface area contributed by atoms with Crippen LogP contribution in [0, 0.1) is 6.92 Å². The first-order valence-electron chi connectivity index (χ1n) is 8.85. The van der Waals surface area contributed by atoms with E-state index in [2.05, 4.69) is 17.2 Å². The van der Waals surface area contributed by atoms with Gasteiger partial charge in [0.2, 0.25) is 5.91 Å². The highest BCUT2D eigenvalue weighted by Crippen LogP contribution is 2.27. The van der Waals surface area contributed by atoms with Crippen molar-refractivity contribution in [1.82, 2.24) is 9.55 Å². The number of fused-ring (bicyclic) bond motifs is 1. The molecule has 146 valence electrons. The standard InChI is InChI=1S/C20H21N3O4S/c1-5-13-6-8-14(9-7-13)22-17(24)12(3)23-10-21-18-15(19(23)25)11(2)16(28-18)20(26)27-4/h6-10,12H,5H2,1-4H3,(H,22,24). The molecule has 0 saturated carbocycles. The fourth-order valence-corrected chi connectivity index (χ4v) is 3.95. The lowest BCUT2D eigenvalue weighted by molar-refractivity contribution is -0.118. The molecular weight excluding hydrogens is 378 g/mol. The molecule has 2 heterocycles. The van der Waals surface area contributed by atoms with E-state index >= 15 is 0 Å². The number of nitrogens with one attached hydrogen (secondary N) is 1. The Morgan fingerprint density at radius 3 is 2.57 bits per heavy atom. The highest BCUT2D eigenvalue weighted by Gasteiger charge is 2.23. The number of aromatic nitrogens is 2. The van der Waals surface area contributed by atoms with Gasteiger partial charge in [0.1, 0.15) is 15.7 Å². The lowest BCUT2D eigenvalue weighted by Gasteiger charge is -2.15. The van der Waals surface area contributed by atoms with Gasteiger partial charge < -0.3 is 10.1 Å². The van der Waals surface area contributed by atoms with Gasteiger partial charge in [-0.15, -0.1) is 11.3 Å². The Labute approximate surface area is 166 Å². The summed E-state index contributed by atoms with van der Waals surface area (Å²) >= 11 is 1.11. The average molecular weight is 399 g/mol. The molecule has 1 aromatic carbocycles. The molecule has 0 aliphatic heterocycles. The summed E-state index contributed by atoms with van der Waals surface area (Å²) in [4.78, 5) is 42.5. The van der Waals surface area contributed by atoms with Crippen molar-refractivity contribution in [1.29, 1.82) is 0 Å². The van der Waals surface area contributed by atoms with Crippen molar-refractivity contribution in [3.05, 3.63) is 57.0 Å². The minimum atomic E-state index is -0.767. The summed E-state index contributed by atoms with van der Waals surface area (Å²) in [6, 6.07) is 6.79. The molecule has 0 spiro atoms. The van der Waals surface area contributed by atoms with Crippen LogP contribution in [0.1, 0.15) is 40.7 Å². The Balaban J connectivity index is 1.92. The van der Waals surface area contributed by atoms with Gasteiger partial charge in [0, 0.05) is 5.69 Å². The lowest BCUT2D eigenvalue weighted by atomic mass is 10.1. The Kier molecular flexibility index (Phi) is 5.60. The number of carbonyl (C=O) groups excluding carboxylic acids is 2. The van der Waals surface area contributed by atoms with E-state index in [9.17, 15) is 14.4 Å². The Morgan fingerprint density at radius 1 is 1.29 bits per heavy atom. The molecule has 2 aromatic heterocycles. The average Bonchev–Trinajstić information content (AvgIpc) is 3.05. The first-order valence-corrected chi connectivity index (χ1v) is 9.67. The number of ether oxygens (including phenoxy) is 1. The van der Waals surface area contributed by atoms with E-state index in [0.29, 0.717) is 26.3 Å². The van der Waals surface area contributed by atoms with Crippen molar-refractivity contribution in [2.75, 3.05) is 12.4 Å². The van der Waals surface area contributed by atoms with E-state index in [1.54, 1.807) is 13.8 Å². The molecule has 1 amide bonds. The minimum absolute atomic E-state index is 0.325. The summed E-state index contributed by atoms with van der Waals surface area (Å²) in [7, 11) is 1.29. The molecule has 7 nitrogen and oxygen atoms in total. The highest BCUT2D eigenvalue weighted by molar-refractivity contribution is 7.20. The molecule has 0 radical (unpaired) electrons. The van der Waals surface area contributed by atoms with Crippen LogP contribution in [0.2, 0.25) is 0 Å². The fourth-order valence-electron chi connectivity index (χ4n) is 2.90. The first kappa shape index (κ1) is 19.8. The number of nitrogens with zero attached hydrogens (tertiary/aromatic N) is 2. The molecule has 1 unspecified atom stereocenters. The first-order chi connectivity index (χ1) is 13.4. The predicted molar refractivity (Wildman–Crippen MR) is 109 cm³/mol. The number of aryl methyl sites for hydroxylation is 2. The number of hydrogen-bond acceptors (Lipinski definition) is 6. The lowest BCUT2D eigenvalue weighted by Crippen LogP contribution is -2.31. The molecule has 0 fully saturated rings. The monoisotopic (exact) mass is 399 g/mol. The van der Waals surface area contributed by atoms with Crippen molar-refractivity contribution in [3.63, 3.8) is 0 Å². The Morgan fingerprint density at radius 2 is 1.96 bits per heavy atom. The SMILES string of the molecule is CCc1ccc(NC(=O)C(C)n2cnc3sc(C(=O)OC)c(C)c3c2=O)cc1. The second-order valence-electron chi connectivity index (χ2n) is 6.40. The van der Waals surface area contributed by atoms with Gasteiger partial charge in [0.15, 0.2) is 0 Å². The van der Waals surface area contributed by atoms with Crippen LogP contribution in [0.5, 0.6) is 0 Å². The molecule has 0 saturated heterocycles. The third kappa shape index (κ3) is 3.55. The normalized spacial score (nSPS) is 12.0. The van der Waals surface area contributed by atoms with Gasteiger partial charge in [-0.2, -0.15) is 0 Å². The summed E-state index contributed by atoms with van der Waals surface area (Å²) in [5.74, 6) is -0.832. The van der Waals surface area contributed by atoms with Gasteiger partial charge in [-0.1, -0.05) is 19.1 Å². The number of benzene rings is 1. The zero-order valence-corrected chi connectivity index (χ0v) is 16.9. The van der Waals surface area contributed by atoms with E-state index in [1.807, 2.05) is 24.3 Å². The molecule has 3 aromatic rings. The molecule has 0 aliphatic carbocycles. The molecule has 8 heteroatoms. The Bertz CT molecular complexity index is 1100. The van der Waals surface area contributed by atoms with Crippen LogP contribution >= 0.6 is 11.3 Å². The highest BCUT2D eigenvalue weighted by atomic mass is 32.1. The summed E-state index contributed by atoms with van der Waals surface area (Å²) in [5, 5.41) is 3.15. The number of amides is 1. The van der Waals surface area contributed by atoms with E-state index in [4.69, 9.17) is 4.74 Å². The van der Waals surface area contributed by atoms with Crippen molar-refractivity contribution in [2.24, 2.45) is 0 Å². The number of anilines is 1. The maximum absolute atomic E-state index is 13.0. The number of rotatable bonds is 5. The molecule has 0 bridgehead atoms. The topological polar surface area (TPSA) is 90.3 Å². The zero-order chi connectivity index (χ0) is 20.4. The summed E-state index contributed by atoms with van der Waals surface area (Å²) in [6.07, 6.45) is 2.26. The van der Waals surface area contributed by atoms with Crippen LogP contribution in [-0.2, 0) is 16.0 Å².